The molecule has 1 aliphatic rings. The van der Waals surface area contributed by atoms with Crippen LogP contribution >= 0.6 is 0 Å². The Morgan fingerprint density at radius 1 is 1.23 bits per heavy atom. The van der Waals surface area contributed by atoms with Gasteiger partial charge in [-0.1, -0.05) is 12.1 Å². The number of likely N-dealkylation sites (tertiary alicyclic amines) is 1. The third-order valence-electron chi connectivity index (χ3n) is 4.32. The van der Waals surface area contributed by atoms with Crippen LogP contribution in [0.4, 0.5) is 0 Å². The van der Waals surface area contributed by atoms with E-state index >= 15 is 0 Å². The Bertz CT molecular complexity index is 758. The van der Waals surface area contributed by atoms with Crippen molar-refractivity contribution in [3.63, 3.8) is 0 Å². The van der Waals surface area contributed by atoms with Crippen LogP contribution in [0.25, 0.3) is 0 Å². The predicted octanol–water partition coefficient (Wildman–Crippen LogP) is 3.18. The fraction of sp³-hybridized carbons (Fsp3) is 0.450. The molecule has 0 saturated carbocycles. The van der Waals surface area contributed by atoms with Crippen molar-refractivity contribution in [2.75, 3.05) is 19.7 Å². The van der Waals surface area contributed by atoms with Gasteiger partial charge in [-0.05, 0) is 51.8 Å². The van der Waals surface area contributed by atoms with Crippen molar-refractivity contribution in [3.8, 4) is 11.8 Å². The van der Waals surface area contributed by atoms with Gasteiger partial charge in [0.15, 0.2) is 0 Å². The van der Waals surface area contributed by atoms with Gasteiger partial charge in [0.1, 0.15) is 11.9 Å². The molecule has 6 heteroatoms. The summed E-state index contributed by atoms with van der Waals surface area (Å²) in [4.78, 5) is 23.5. The lowest BCUT2D eigenvalue weighted by molar-refractivity contribution is 0.0511. The lowest BCUT2D eigenvalue weighted by atomic mass is 10.1. The maximum Gasteiger partial charge on any atom is 0.317 e. The highest BCUT2D eigenvalue weighted by Crippen LogP contribution is 2.23. The lowest BCUT2D eigenvalue weighted by Crippen LogP contribution is -2.44. The average molecular weight is 355 g/mol. The van der Waals surface area contributed by atoms with E-state index in [2.05, 4.69) is 9.97 Å². The van der Waals surface area contributed by atoms with Gasteiger partial charge < -0.3 is 14.4 Å². The Kier molecular flexibility index (Phi) is 5.71. The van der Waals surface area contributed by atoms with Crippen LogP contribution < -0.4 is 9.47 Å². The Morgan fingerprint density at radius 3 is 2.69 bits per heavy atom. The van der Waals surface area contributed by atoms with E-state index in [1.165, 1.54) is 0 Å². The number of piperidine rings is 1. The molecule has 1 aromatic carbocycles. The van der Waals surface area contributed by atoms with Crippen molar-refractivity contribution in [1.82, 2.24) is 14.9 Å². The number of hydrogen-bond donors (Lipinski definition) is 0. The number of hydrogen-bond acceptors (Lipinski definition) is 5. The van der Waals surface area contributed by atoms with Gasteiger partial charge in [-0.3, -0.25) is 4.79 Å². The first-order chi connectivity index (χ1) is 12.6. The summed E-state index contributed by atoms with van der Waals surface area (Å²) >= 11 is 0. The first kappa shape index (κ1) is 18.2. The highest BCUT2D eigenvalue weighted by Gasteiger charge is 2.27. The molecule has 6 nitrogen and oxygen atoms in total. The highest BCUT2D eigenvalue weighted by atomic mass is 16.5. The summed E-state index contributed by atoms with van der Waals surface area (Å²) in [5.74, 6) is 0.601. The summed E-state index contributed by atoms with van der Waals surface area (Å²) in [6.45, 7) is 7.52. The lowest BCUT2D eigenvalue weighted by Gasteiger charge is -2.32. The molecule has 26 heavy (non-hydrogen) atoms. The van der Waals surface area contributed by atoms with Crippen molar-refractivity contribution in [1.29, 1.82) is 0 Å². The third-order valence-corrected chi connectivity index (χ3v) is 4.32. The molecule has 1 fully saturated rings. The van der Waals surface area contributed by atoms with Gasteiger partial charge in [0.25, 0.3) is 5.91 Å². The number of aryl methyl sites for hydroxylation is 2. The molecule has 1 amide bonds. The maximum atomic E-state index is 13.0. The van der Waals surface area contributed by atoms with Crippen molar-refractivity contribution >= 4 is 5.91 Å². The largest absolute Gasteiger partial charge is 0.493 e. The summed E-state index contributed by atoms with van der Waals surface area (Å²) in [6.07, 6.45) is 1.67. The zero-order valence-electron chi connectivity index (χ0n) is 15.6. The topological polar surface area (TPSA) is 64.5 Å². The van der Waals surface area contributed by atoms with E-state index in [-0.39, 0.29) is 12.0 Å². The maximum absolute atomic E-state index is 13.0. The second kappa shape index (κ2) is 8.17. The summed E-state index contributed by atoms with van der Waals surface area (Å²) in [7, 11) is 0. The predicted molar refractivity (Wildman–Crippen MR) is 98.7 cm³/mol. The molecule has 1 atom stereocenters. The van der Waals surface area contributed by atoms with Crippen LogP contribution in [-0.4, -0.2) is 46.6 Å². The van der Waals surface area contributed by atoms with Crippen molar-refractivity contribution in [2.45, 2.75) is 39.7 Å². The Hall–Kier alpha value is -2.63. The fourth-order valence-electron chi connectivity index (χ4n) is 3.21. The van der Waals surface area contributed by atoms with Gasteiger partial charge in [-0.2, -0.15) is 0 Å². The van der Waals surface area contributed by atoms with Gasteiger partial charge in [0, 0.05) is 17.9 Å². The number of nitrogens with zero attached hydrogens (tertiary/aromatic N) is 3. The van der Waals surface area contributed by atoms with Gasteiger partial charge in [0.05, 0.1) is 18.7 Å². The van der Waals surface area contributed by atoms with Crippen molar-refractivity contribution in [3.05, 3.63) is 47.3 Å². The van der Waals surface area contributed by atoms with E-state index in [1.54, 1.807) is 0 Å². The Balaban J connectivity index is 1.71. The van der Waals surface area contributed by atoms with Crippen molar-refractivity contribution < 1.29 is 14.3 Å². The van der Waals surface area contributed by atoms with E-state index in [0.29, 0.717) is 37.0 Å². The first-order valence-electron chi connectivity index (χ1n) is 9.07. The molecule has 0 aliphatic carbocycles. The smallest absolute Gasteiger partial charge is 0.317 e. The van der Waals surface area contributed by atoms with Gasteiger partial charge in [0.2, 0.25) is 0 Å². The number of amides is 1. The minimum absolute atomic E-state index is 0.0244. The minimum atomic E-state index is -0.104. The SMILES string of the molecule is CCOc1ccccc1C(=O)N1CCCC(Oc2nc(C)cc(C)n2)C1. The van der Waals surface area contributed by atoms with E-state index in [0.717, 1.165) is 24.2 Å². The van der Waals surface area contributed by atoms with Crippen LogP contribution in [0, 0.1) is 13.8 Å². The van der Waals surface area contributed by atoms with E-state index < -0.39 is 0 Å². The minimum Gasteiger partial charge on any atom is -0.493 e. The van der Waals surface area contributed by atoms with Crippen LogP contribution in [0.2, 0.25) is 0 Å². The number of carbonyl (C=O) groups excluding carboxylic acids is 1. The molecule has 0 bridgehead atoms. The molecule has 1 unspecified atom stereocenters. The molecule has 0 spiro atoms. The Morgan fingerprint density at radius 2 is 1.96 bits per heavy atom. The van der Waals surface area contributed by atoms with Crippen LogP contribution in [0.15, 0.2) is 30.3 Å². The summed E-state index contributed by atoms with van der Waals surface area (Å²) < 4.78 is 11.6. The molecule has 2 aromatic rings. The summed E-state index contributed by atoms with van der Waals surface area (Å²) in [6, 6.07) is 9.67. The highest BCUT2D eigenvalue weighted by molar-refractivity contribution is 5.97. The number of benzene rings is 1. The van der Waals surface area contributed by atoms with Crippen LogP contribution in [-0.2, 0) is 0 Å². The molecule has 1 aromatic heterocycles. The number of para-hydroxylation sites is 1. The van der Waals surface area contributed by atoms with Gasteiger partial charge in [-0.25, -0.2) is 9.97 Å². The quantitative estimate of drug-likeness (QED) is 0.824. The van der Waals surface area contributed by atoms with Crippen LogP contribution in [0.3, 0.4) is 0 Å². The first-order valence-corrected chi connectivity index (χ1v) is 9.07. The monoisotopic (exact) mass is 355 g/mol. The zero-order valence-corrected chi connectivity index (χ0v) is 15.6. The molecular formula is C20H25N3O3. The van der Waals surface area contributed by atoms with Crippen LogP contribution in [0.5, 0.6) is 11.8 Å². The van der Waals surface area contributed by atoms with E-state index in [9.17, 15) is 4.79 Å². The standard InChI is InChI=1S/C20H25N3O3/c1-4-25-18-10-6-5-9-17(18)19(24)23-11-7-8-16(13-23)26-20-21-14(2)12-15(3)22-20/h5-6,9-10,12,16H,4,7-8,11,13H2,1-3H3. The number of rotatable bonds is 5. The van der Waals surface area contributed by atoms with E-state index in [1.807, 2.05) is 56.0 Å². The molecular weight excluding hydrogens is 330 g/mol. The fourth-order valence-corrected chi connectivity index (χ4v) is 3.21. The molecule has 3 rings (SSSR count). The second-order valence-corrected chi connectivity index (χ2v) is 6.50. The van der Waals surface area contributed by atoms with Gasteiger partial charge >= 0.3 is 6.01 Å². The molecule has 138 valence electrons. The number of carbonyl (C=O) groups is 1. The molecule has 0 N–H and O–H groups in total. The molecule has 1 saturated heterocycles. The summed E-state index contributed by atoms with van der Waals surface area (Å²) in [5, 5.41) is 0. The molecule has 1 aliphatic heterocycles. The third kappa shape index (κ3) is 4.31. The summed E-state index contributed by atoms with van der Waals surface area (Å²) in [5.41, 5.74) is 2.35. The Labute approximate surface area is 154 Å². The number of aromatic nitrogens is 2. The second-order valence-electron chi connectivity index (χ2n) is 6.50. The molecule has 0 radical (unpaired) electrons. The average Bonchev–Trinajstić information content (AvgIpc) is 2.61. The van der Waals surface area contributed by atoms with Crippen LogP contribution in [0.1, 0.15) is 41.5 Å². The normalized spacial score (nSPS) is 17.0. The van der Waals surface area contributed by atoms with E-state index in [4.69, 9.17) is 9.47 Å². The zero-order chi connectivity index (χ0) is 18.5. The van der Waals surface area contributed by atoms with Gasteiger partial charge in [-0.15, -0.1) is 0 Å². The van der Waals surface area contributed by atoms with Crippen molar-refractivity contribution in [2.24, 2.45) is 0 Å². The number of ether oxygens (including phenoxy) is 2. The molecule has 2 heterocycles.